The van der Waals surface area contributed by atoms with Gasteiger partial charge in [-0.25, -0.2) is 4.98 Å². The summed E-state index contributed by atoms with van der Waals surface area (Å²) in [5, 5.41) is 1.22. The highest BCUT2D eigenvalue weighted by Crippen LogP contribution is 2.34. The Kier molecular flexibility index (Phi) is 6.46. The topological polar surface area (TPSA) is 42.4 Å². The van der Waals surface area contributed by atoms with E-state index in [0.717, 1.165) is 39.7 Å². The van der Waals surface area contributed by atoms with Crippen LogP contribution < -0.4 is 4.90 Å². The Morgan fingerprint density at radius 1 is 1.30 bits per heavy atom. The molecule has 1 aliphatic rings. The predicted octanol–water partition coefficient (Wildman–Crippen LogP) is 6.24. The van der Waals surface area contributed by atoms with Gasteiger partial charge in [0.05, 0.1) is 22.9 Å². The molecule has 0 N–H and O–H groups in total. The lowest BCUT2D eigenvalue weighted by Crippen LogP contribution is -2.37. The van der Waals surface area contributed by atoms with E-state index in [2.05, 4.69) is 45.9 Å². The number of hydrogen-bond donors (Lipinski definition) is 0. The molecular weight excluding hydrogens is 412 g/mol. The maximum Gasteiger partial charge on any atom is 0.260 e. The third-order valence-electron chi connectivity index (χ3n) is 5.15. The van der Waals surface area contributed by atoms with Gasteiger partial charge in [-0.1, -0.05) is 37.3 Å². The summed E-state index contributed by atoms with van der Waals surface area (Å²) in [5.74, 6) is -0.00913. The number of benzene rings is 2. The minimum absolute atomic E-state index is 0.00913. The molecule has 1 amide bonds. The molecule has 2 aromatic carbocycles. The van der Waals surface area contributed by atoms with Crippen LogP contribution in [0.3, 0.4) is 0 Å². The zero-order valence-corrected chi connectivity index (χ0v) is 19.6. The summed E-state index contributed by atoms with van der Waals surface area (Å²) in [6, 6.07) is 12.2. The van der Waals surface area contributed by atoms with Crippen molar-refractivity contribution in [1.82, 2.24) is 4.98 Å². The second-order valence-corrected chi connectivity index (χ2v) is 10.8. The number of hydrogen-bond acceptors (Lipinski definition) is 5. The standard InChI is InChI=1S/C24H28N2O2S2/c1-15(2)29-20-9-5-7-18(13-20)23(27)26(14-19-8-6-10-28-19)24-25-21-12-16(3)11-17(4)22(21)30-24/h5,7,9,11-13,15,19H,6,8,10,14H2,1-4H3. The Hall–Kier alpha value is -1.89. The van der Waals surface area contributed by atoms with Crippen LogP contribution in [0.4, 0.5) is 5.13 Å². The fraction of sp³-hybridized carbons (Fsp3) is 0.417. The van der Waals surface area contributed by atoms with E-state index in [1.807, 2.05) is 23.1 Å². The average Bonchev–Trinajstić information content (AvgIpc) is 3.35. The fourth-order valence-corrected chi connectivity index (χ4v) is 5.77. The third kappa shape index (κ3) is 4.71. The number of ether oxygens (including phenoxy) is 1. The van der Waals surface area contributed by atoms with Crippen molar-refractivity contribution in [1.29, 1.82) is 0 Å². The van der Waals surface area contributed by atoms with Crippen molar-refractivity contribution < 1.29 is 9.53 Å². The second kappa shape index (κ2) is 9.08. The van der Waals surface area contributed by atoms with Crippen LogP contribution in [0.25, 0.3) is 10.2 Å². The van der Waals surface area contributed by atoms with Crippen LogP contribution in [0.5, 0.6) is 0 Å². The number of aromatic nitrogens is 1. The molecule has 1 aliphatic heterocycles. The largest absolute Gasteiger partial charge is 0.376 e. The van der Waals surface area contributed by atoms with Crippen molar-refractivity contribution >= 4 is 44.4 Å². The number of rotatable bonds is 6. The maximum atomic E-state index is 13.6. The SMILES string of the molecule is Cc1cc(C)c2sc(N(CC3CCCO3)C(=O)c3cccc(SC(C)C)c3)nc2c1. The van der Waals surface area contributed by atoms with E-state index in [1.54, 1.807) is 23.1 Å². The first kappa shape index (κ1) is 21.3. The molecule has 1 saturated heterocycles. The van der Waals surface area contributed by atoms with Crippen molar-refractivity contribution in [3.8, 4) is 0 Å². The molecule has 0 aliphatic carbocycles. The molecule has 4 nitrogen and oxygen atoms in total. The third-order valence-corrected chi connectivity index (χ3v) is 7.37. The number of anilines is 1. The van der Waals surface area contributed by atoms with Gasteiger partial charge in [0.25, 0.3) is 5.91 Å². The van der Waals surface area contributed by atoms with E-state index < -0.39 is 0 Å². The Bertz CT molecular complexity index is 1050. The monoisotopic (exact) mass is 440 g/mol. The number of nitrogens with zero attached hydrogens (tertiary/aromatic N) is 2. The number of carbonyl (C=O) groups is 1. The molecule has 1 unspecified atom stereocenters. The number of thiazole rings is 1. The van der Waals surface area contributed by atoms with Crippen LogP contribution in [0, 0.1) is 13.8 Å². The fourth-order valence-electron chi connectivity index (χ4n) is 3.85. The Balaban J connectivity index is 1.71. The van der Waals surface area contributed by atoms with E-state index in [9.17, 15) is 4.79 Å². The van der Waals surface area contributed by atoms with Gasteiger partial charge in [-0.3, -0.25) is 9.69 Å². The molecule has 0 bridgehead atoms. The Morgan fingerprint density at radius 3 is 2.87 bits per heavy atom. The number of carbonyl (C=O) groups excluding carboxylic acids is 1. The molecule has 2 heterocycles. The lowest BCUT2D eigenvalue weighted by Gasteiger charge is -2.23. The summed E-state index contributed by atoms with van der Waals surface area (Å²) in [5.41, 5.74) is 4.05. The molecule has 6 heteroatoms. The van der Waals surface area contributed by atoms with Crippen molar-refractivity contribution in [2.75, 3.05) is 18.1 Å². The van der Waals surface area contributed by atoms with E-state index in [4.69, 9.17) is 9.72 Å². The van der Waals surface area contributed by atoms with E-state index in [0.29, 0.717) is 17.4 Å². The molecule has 1 fully saturated rings. The number of amides is 1. The molecule has 0 saturated carbocycles. The molecule has 1 atom stereocenters. The lowest BCUT2D eigenvalue weighted by atomic mass is 10.1. The van der Waals surface area contributed by atoms with Gasteiger partial charge < -0.3 is 4.74 Å². The highest BCUT2D eigenvalue weighted by Gasteiger charge is 2.27. The summed E-state index contributed by atoms with van der Waals surface area (Å²) in [6.45, 7) is 9.82. The van der Waals surface area contributed by atoms with E-state index in [1.165, 1.54) is 11.1 Å². The zero-order valence-electron chi connectivity index (χ0n) is 18.0. The van der Waals surface area contributed by atoms with E-state index in [-0.39, 0.29) is 12.0 Å². The van der Waals surface area contributed by atoms with Crippen molar-refractivity contribution in [3.63, 3.8) is 0 Å². The zero-order chi connectivity index (χ0) is 21.3. The normalized spacial score (nSPS) is 16.5. The van der Waals surface area contributed by atoms with Crippen LogP contribution in [-0.4, -0.2) is 35.4 Å². The van der Waals surface area contributed by atoms with Gasteiger partial charge in [0.1, 0.15) is 0 Å². The highest BCUT2D eigenvalue weighted by atomic mass is 32.2. The van der Waals surface area contributed by atoms with Crippen LogP contribution in [0.1, 0.15) is 48.2 Å². The molecule has 30 heavy (non-hydrogen) atoms. The average molecular weight is 441 g/mol. The second-order valence-electron chi connectivity index (χ2n) is 8.17. The van der Waals surface area contributed by atoms with Crippen molar-refractivity contribution in [2.45, 2.75) is 56.8 Å². The smallest absolute Gasteiger partial charge is 0.260 e. The van der Waals surface area contributed by atoms with Crippen LogP contribution in [0.2, 0.25) is 0 Å². The van der Waals surface area contributed by atoms with Gasteiger partial charge in [-0.05, 0) is 62.1 Å². The Morgan fingerprint density at radius 2 is 2.13 bits per heavy atom. The quantitative estimate of drug-likeness (QED) is 0.426. The number of thioether (sulfide) groups is 1. The first-order valence-electron chi connectivity index (χ1n) is 10.5. The first-order chi connectivity index (χ1) is 14.4. The maximum absolute atomic E-state index is 13.6. The molecule has 1 aromatic heterocycles. The molecular formula is C24H28N2O2S2. The predicted molar refractivity (Wildman–Crippen MR) is 127 cm³/mol. The molecule has 0 spiro atoms. The first-order valence-corrected chi connectivity index (χ1v) is 12.2. The van der Waals surface area contributed by atoms with Crippen molar-refractivity contribution in [3.05, 3.63) is 53.1 Å². The summed E-state index contributed by atoms with van der Waals surface area (Å²) in [4.78, 5) is 21.4. The summed E-state index contributed by atoms with van der Waals surface area (Å²) in [7, 11) is 0. The molecule has 4 rings (SSSR count). The van der Waals surface area contributed by atoms with Gasteiger partial charge in [0.2, 0.25) is 0 Å². The van der Waals surface area contributed by atoms with Gasteiger partial charge in [-0.15, -0.1) is 11.8 Å². The summed E-state index contributed by atoms with van der Waals surface area (Å²) < 4.78 is 7.01. The summed E-state index contributed by atoms with van der Waals surface area (Å²) in [6.07, 6.45) is 2.10. The lowest BCUT2D eigenvalue weighted by molar-refractivity contribution is 0.0917. The van der Waals surface area contributed by atoms with Crippen LogP contribution in [-0.2, 0) is 4.74 Å². The number of fused-ring (bicyclic) bond motifs is 1. The van der Waals surface area contributed by atoms with Crippen molar-refractivity contribution in [2.24, 2.45) is 0 Å². The van der Waals surface area contributed by atoms with Gasteiger partial charge in [0.15, 0.2) is 5.13 Å². The van der Waals surface area contributed by atoms with Crippen LogP contribution in [0.15, 0.2) is 41.3 Å². The van der Waals surface area contributed by atoms with Gasteiger partial charge in [0, 0.05) is 22.3 Å². The number of aryl methyl sites for hydroxylation is 2. The van der Waals surface area contributed by atoms with Gasteiger partial charge in [-0.2, -0.15) is 0 Å². The van der Waals surface area contributed by atoms with E-state index >= 15 is 0 Å². The Labute approximate surface area is 186 Å². The molecule has 0 radical (unpaired) electrons. The molecule has 158 valence electrons. The highest BCUT2D eigenvalue weighted by molar-refractivity contribution is 7.99. The van der Waals surface area contributed by atoms with Gasteiger partial charge >= 0.3 is 0 Å². The minimum atomic E-state index is -0.00913. The minimum Gasteiger partial charge on any atom is -0.376 e. The molecule has 3 aromatic rings. The summed E-state index contributed by atoms with van der Waals surface area (Å²) >= 11 is 3.36. The van der Waals surface area contributed by atoms with Crippen LogP contribution >= 0.6 is 23.1 Å².